The first-order valence-electron chi connectivity index (χ1n) is 9.57. The van der Waals surface area contributed by atoms with Crippen LogP contribution < -0.4 is 10.9 Å². The number of aromatic nitrogens is 2. The molecule has 1 aromatic carbocycles. The van der Waals surface area contributed by atoms with E-state index in [4.69, 9.17) is 4.98 Å². The Hall–Kier alpha value is -3.21. The molecule has 1 aliphatic carbocycles. The molecule has 142 valence electrons. The summed E-state index contributed by atoms with van der Waals surface area (Å²) in [7, 11) is 1.72. The topological polar surface area (TPSA) is 64.0 Å². The number of benzene rings is 1. The van der Waals surface area contributed by atoms with Crippen LogP contribution in [0.2, 0.25) is 0 Å². The van der Waals surface area contributed by atoms with Crippen LogP contribution in [0.25, 0.3) is 11.3 Å². The fourth-order valence-corrected chi connectivity index (χ4v) is 3.32. The second-order valence-electron chi connectivity index (χ2n) is 7.40. The van der Waals surface area contributed by atoms with Crippen LogP contribution >= 0.6 is 0 Å². The summed E-state index contributed by atoms with van der Waals surface area (Å²) in [5.74, 6) is 0.750. The van der Waals surface area contributed by atoms with Crippen LogP contribution in [0.4, 0.5) is 5.82 Å². The van der Waals surface area contributed by atoms with Crippen molar-refractivity contribution in [3.8, 4) is 11.3 Å². The van der Waals surface area contributed by atoms with E-state index in [1.165, 1.54) is 10.6 Å². The van der Waals surface area contributed by atoms with Crippen LogP contribution in [0.1, 0.15) is 42.7 Å². The Balaban J connectivity index is 1.65. The van der Waals surface area contributed by atoms with Gasteiger partial charge in [-0.05, 0) is 48.9 Å². The summed E-state index contributed by atoms with van der Waals surface area (Å²) < 4.78 is 1.53. The Morgan fingerprint density at radius 3 is 2.54 bits per heavy atom. The summed E-state index contributed by atoms with van der Waals surface area (Å²) in [5.41, 5.74) is 3.58. The normalized spacial score (nSPS) is 14.5. The maximum absolute atomic E-state index is 12.9. The predicted octanol–water partition coefficient (Wildman–Crippen LogP) is 4.07. The molecule has 1 amide bonds. The summed E-state index contributed by atoms with van der Waals surface area (Å²) in [4.78, 5) is 29.3. The van der Waals surface area contributed by atoms with Crippen molar-refractivity contribution in [2.24, 2.45) is 7.05 Å². The van der Waals surface area contributed by atoms with Gasteiger partial charge in [-0.15, -0.1) is 0 Å². The number of rotatable bonds is 5. The lowest BCUT2D eigenvalue weighted by Gasteiger charge is -2.16. The van der Waals surface area contributed by atoms with E-state index >= 15 is 0 Å². The number of amides is 1. The summed E-state index contributed by atoms with van der Waals surface area (Å²) in [6.45, 7) is 1.90. The minimum Gasteiger partial charge on any atom is -0.318 e. The van der Waals surface area contributed by atoms with Gasteiger partial charge in [-0.1, -0.05) is 36.4 Å². The Morgan fingerprint density at radius 1 is 1.11 bits per heavy atom. The first kappa shape index (κ1) is 18.2. The molecule has 4 rings (SSSR count). The SMILES string of the molecule is C[C@@H](C(=O)Nc1nc(-c2ccc(=O)n(C)c2)ccc1C1CC1)c1ccccc1. The predicted molar refractivity (Wildman–Crippen MR) is 110 cm³/mol. The number of carbonyl (C=O) groups is 1. The number of anilines is 1. The fraction of sp³-hybridized carbons (Fsp3) is 0.261. The molecule has 2 heterocycles. The summed E-state index contributed by atoms with van der Waals surface area (Å²) in [5, 5.41) is 3.05. The third kappa shape index (κ3) is 3.74. The molecule has 1 atom stereocenters. The maximum atomic E-state index is 12.9. The molecular weight excluding hydrogens is 350 g/mol. The first-order chi connectivity index (χ1) is 13.5. The smallest absolute Gasteiger partial charge is 0.250 e. The molecule has 1 N–H and O–H groups in total. The average molecular weight is 373 g/mol. The van der Waals surface area contributed by atoms with E-state index in [1.54, 1.807) is 19.3 Å². The first-order valence-corrected chi connectivity index (χ1v) is 9.57. The van der Waals surface area contributed by atoms with Gasteiger partial charge >= 0.3 is 0 Å². The van der Waals surface area contributed by atoms with Gasteiger partial charge in [0.05, 0.1) is 11.6 Å². The quantitative estimate of drug-likeness (QED) is 0.733. The zero-order valence-electron chi connectivity index (χ0n) is 16.1. The van der Waals surface area contributed by atoms with Gasteiger partial charge in [0.25, 0.3) is 0 Å². The Labute approximate surface area is 164 Å². The summed E-state index contributed by atoms with van der Waals surface area (Å²) in [6, 6.07) is 17.0. The van der Waals surface area contributed by atoms with Crippen LogP contribution in [0, 0.1) is 0 Å². The van der Waals surface area contributed by atoms with Gasteiger partial charge < -0.3 is 9.88 Å². The summed E-state index contributed by atoms with van der Waals surface area (Å²) in [6.07, 6.45) is 4.01. The lowest BCUT2D eigenvalue weighted by Crippen LogP contribution is -2.20. The van der Waals surface area contributed by atoms with Gasteiger partial charge in [-0.25, -0.2) is 4.98 Å². The highest BCUT2D eigenvalue weighted by Gasteiger charge is 2.28. The molecule has 3 aromatic rings. The van der Waals surface area contributed by atoms with E-state index in [2.05, 4.69) is 5.32 Å². The molecule has 0 unspecified atom stereocenters. The van der Waals surface area contributed by atoms with Crippen molar-refractivity contribution in [2.75, 3.05) is 5.32 Å². The van der Waals surface area contributed by atoms with Crippen LogP contribution in [0.15, 0.2) is 65.6 Å². The number of nitrogens with one attached hydrogen (secondary N) is 1. The second-order valence-corrected chi connectivity index (χ2v) is 7.40. The highest BCUT2D eigenvalue weighted by Crippen LogP contribution is 2.43. The molecule has 0 aliphatic heterocycles. The van der Waals surface area contributed by atoms with Crippen LogP contribution in [-0.4, -0.2) is 15.5 Å². The molecule has 1 saturated carbocycles. The average Bonchev–Trinajstić information content (AvgIpc) is 3.55. The van der Waals surface area contributed by atoms with Crippen LogP contribution in [0.5, 0.6) is 0 Å². The fourth-order valence-electron chi connectivity index (χ4n) is 3.32. The highest BCUT2D eigenvalue weighted by atomic mass is 16.2. The zero-order chi connectivity index (χ0) is 19.7. The molecule has 2 aromatic heterocycles. The van der Waals surface area contributed by atoms with Gasteiger partial charge in [0.1, 0.15) is 5.82 Å². The molecule has 5 nitrogen and oxygen atoms in total. The van der Waals surface area contributed by atoms with Crippen molar-refractivity contribution in [3.05, 3.63) is 82.3 Å². The van der Waals surface area contributed by atoms with Crippen LogP contribution in [0.3, 0.4) is 0 Å². The number of nitrogens with zero attached hydrogens (tertiary/aromatic N) is 2. The van der Waals surface area contributed by atoms with Crippen molar-refractivity contribution < 1.29 is 4.79 Å². The number of hydrogen-bond donors (Lipinski definition) is 1. The summed E-state index contributed by atoms with van der Waals surface area (Å²) >= 11 is 0. The molecule has 0 bridgehead atoms. The van der Waals surface area contributed by atoms with Gasteiger partial charge in [-0.3, -0.25) is 9.59 Å². The van der Waals surface area contributed by atoms with Crippen LogP contribution in [-0.2, 0) is 11.8 Å². The molecule has 5 heteroatoms. The van der Waals surface area contributed by atoms with Gasteiger partial charge in [-0.2, -0.15) is 0 Å². The van der Waals surface area contributed by atoms with Gasteiger partial charge in [0.2, 0.25) is 11.5 Å². The molecule has 0 radical (unpaired) electrons. The molecule has 0 saturated heterocycles. The van der Waals surface area contributed by atoms with Crippen molar-refractivity contribution in [2.45, 2.75) is 31.6 Å². The molecular formula is C23H23N3O2. The second kappa shape index (κ2) is 7.43. The molecule has 1 fully saturated rings. The Morgan fingerprint density at radius 2 is 1.86 bits per heavy atom. The maximum Gasteiger partial charge on any atom is 0.250 e. The molecule has 1 aliphatic rings. The third-order valence-corrected chi connectivity index (χ3v) is 5.26. The lowest BCUT2D eigenvalue weighted by molar-refractivity contribution is -0.117. The van der Waals surface area contributed by atoms with Crippen molar-refractivity contribution in [1.29, 1.82) is 0 Å². The van der Waals surface area contributed by atoms with Gasteiger partial charge in [0, 0.05) is 24.9 Å². The standard InChI is InChI=1S/C23H23N3O2/c1-15(16-6-4-3-5-7-16)23(28)25-22-19(17-8-9-17)11-12-20(24-22)18-10-13-21(27)26(2)14-18/h3-7,10-15,17H,8-9H2,1-2H3,(H,24,25,28)/t15-/m1/s1. The number of carbonyl (C=O) groups excluding carboxylic acids is 1. The van der Waals surface area contributed by atoms with Crippen molar-refractivity contribution in [3.63, 3.8) is 0 Å². The van der Waals surface area contributed by atoms with Gasteiger partial charge in [0.15, 0.2) is 0 Å². The van der Waals surface area contributed by atoms with E-state index in [1.807, 2.05) is 49.4 Å². The van der Waals surface area contributed by atoms with Crippen molar-refractivity contribution in [1.82, 2.24) is 9.55 Å². The minimum atomic E-state index is -0.267. The van der Waals surface area contributed by atoms with Crippen molar-refractivity contribution >= 4 is 11.7 Å². The minimum absolute atomic E-state index is 0.0661. The Kier molecular flexibility index (Phi) is 4.82. The largest absolute Gasteiger partial charge is 0.318 e. The number of hydrogen-bond acceptors (Lipinski definition) is 3. The van der Waals surface area contributed by atoms with E-state index < -0.39 is 0 Å². The van der Waals surface area contributed by atoms with E-state index in [-0.39, 0.29) is 17.4 Å². The highest BCUT2D eigenvalue weighted by molar-refractivity contribution is 5.95. The van der Waals surface area contributed by atoms with E-state index in [0.717, 1.165) is 35.2 Å². The van der Waals surface area contributed by atoms with E-state index in [9.17, 15) is 9.59 Å². The Bertz CT molecular complexity index is 1070. The zero-order valence-corrected chi connectivity index (χ0v) is 16.1. The number of pyridine rings is 2. The van der Waals surface area contributed by atoms with E-state index in [0.29, 0.717) is 11.7 Å². The molecule has 28 heavy (non-hydrogen) atoms. The number of aryl methyl sites for hydroxylation is 1. The third-order valence-electron chi connectivity index (χ3n) is 5.26. The lowest BCUT2D eigenvalue weighted by atomic mass is 10.0. The monoisotopic (exact) mass is 373 g/mol. The molecule has 0 spiro atoms.